The number of aromatic nitrogens is 2. The summed E-state index contributed by atoms with van der Waals surface area (Å²) in [5.74, 6) is 1.33. The van der Waals surface area contributed by atoms with Crippen molar-refractivity contribution in [2.45, 2.75) is 26.8 Å². The SMILES string of the molecule is COc1cc(NC(C)c2cc(C)sc2C)nc(N)n1. The van der Waals surface area contributed by atoms with E-state index < -0.39 is 0 Å². The Hall–Kier alpha value is -1.82. The second-order valence-corrected chi connectivity index (χ2v) is 5.85. The molecule has 0 aliphatic rings. The molecule has 2 aromatic heterocycles. The molecular weight excluding hydrogens is 260 g/mol. The third-order valence-electron chi connectivity index (χ3n) is 2.84. The Balaban J connectivity index is 2.21. The molecule has 0 aliphatic heterocycles. The summed E-state index contributed by atoms with van der Waals surface area (Å²) in [5.41, 5.74) is 6.92. The van der Waals surface area contributed by atoms with Crippen molar-refractivity contribution >= 4 is 23.1 Å². The molecule has 0 spiro atoms. The zero-order valence-electron chi connectivity index (χ0n) is 11.5. The number of thiophene rings is 1. The molecule has 6 heteroatoms. The summed E-state index contributed by atoms with van der Waals surface area (Å²) < 4.78 is 5.08. The number of nitrogens with one attached hydrogen (secondary N) is 1. The molecule has 0 saturated carbocycles. The van der Waals surface area contributed by atoms with Gasteiger partial charge in [0.15, 0.2) is 0 Å². The number of nitrogen functional groups attached to an aromatic ring is 1. The molecule has 0 amide bonds. The average molecular weight is 278 g/mol. The van der Waals surface area contributed by atoms with Gasteiger partial charge in [-0.05, 0) is 32.4 Å². The van der Waals surface area contributed by atoms with Crippen LogP contribution in [0.2, 0.25) is 0 Å². The van der Waals surface area contributed by atoms with Gasteiger partial charge in [-0.3, -0.25) is 0 Å². The van der Waals surface area contributed by atoms with Crippen LogP contribution in [0.3, 0.4) is 0 Å². The fourth-order valence-corrected chi connectivity index (χ4v) is 3.02. The van der Waals surface area contributed by atoms with E-state index in [0.717, 1.165) is 0 Å². The smallest absolute Gasteiger partial charge is 0.225 e. The molecular formula is C13H18N4OS. The summed E-state index contributed by atoms with van der Waals surface area (Å²) in [6.45, 7) is 6.33. The normalized spacial score (nSPS) is 12.2. The van der Waals surface area contributed by atoms with Crippen LogP contribution in [0.4, 0.5) is 11.8 Å². The van der Waals surface area contributed by atoms with Gasteiger partial charge in [-0.25, -0.2) is 0 Å². The molecule has 0 bridgehead atoms. The average Bonchev–Trinajstić information content (AvgIpc) is 2.67. The highest BCUT2D eigenvalue weighted by atomic mass is 32.1. The maximum atomic E-state index is 5.64. The molecule has 0 aromatic carbocycles. The van der Waals surface area contributed by atoms with Crippen molar-refractivity contribution < 1.29 is 4.74 Å². The Morgan fingerprint density at radius 1 is 1.32 bits per heavy atom. The molecule has 19 heavy (non-hydrogen) atoms. The van der Waals surface area contributed by atoms with E-state index in [1.807, 2.05) is 0 Å². The van der Waals surface area contributed by atoms with Crippen molar-refractivity contribution in [2.24, 2.45) is 0 Å². The van der Waals surface area contributed by atoms with Gasteiger partial charge in [0.25, 0.3) is 0 Å². The third kappa shape index (κ3) is 3.14. The van der Waals surface area contributed by atoms with Gasteiger partial charge >= 0.3 is 0 Å². The maximum absolute atomic E-state index is 5.64. The minimum absolute atomic E-state index is 0.156. The molecule has 102 valence electrons. The first-order chi connectivity index (χ1) is 8.99. The van der Waals surface area contributed by atoms with E-state index in [2.05, 4.69) is 42.1 Å². The molecule has 0 aliphatic carbocycles. The Kier molecular flexibility index (Phi) is 3.90. The molecule has 5 nitrogen and oxygen atoms in total. The number of ether oxygens (including phenoxy) is 1. The van der Waals surface area contributed by atoms with E-state index in [1.54, 1.807) is 24.5 Å². The van der Waals surface area contributed by atoms with E-state index in [9.17, 15) is 0 Å². The fraction of sp³-hybridized carbons (Fsp3) is 0.385. The van der Waals surface area contributed by atoms with Crippen LogP contribution in [-0.2, 0) is 0 Å². The molecule has 1 unspecified atom stereocenters. The van der Waals surface area contributed by atoms with E-state index in [1.165, 1.54) is 15.3 Å². The quantitative estimate of drug-likeness (QED) is 0.899. The lowest BCUT2D eigenvalue weighted by molar-refractivity contribution is 0.398. The van der Waals surface area contributed by atoms with Crippen LogP contribution in [0, 0.1) is 13.8 Å². The van der Waals surface area contributed by atoms with Crippen molar-refractivity contribution in [3.8, 4) is 5.88 Å². The Labute approximate surface area is 116 Å². The number of rotatable bonds is 4. The molecule has 2 rings (SSSR count). The summed E-state index contributed by atoms with van der Waals surface area (Å²) >= 11 is 1.80. The maximum Gasteiger partial charge on any atom is 0.225 e. The number of nitrogens with zero attached hydrogens (tertiary/aromatic N) is 2. The van der Waals surface area contributed by atoms with Crippen LogP contribution in [0.25, 0.3) is 0 Å². The second-order valence-electron chi connectivity index (χ2n) is 4.39. The third-order valence-corrected chi connectivity index (χ3v) is 3.82. The highest BCUT2D eigenvalue weighted by Gasteiger charge is 2.12. The van der Waals surface area contributed by atoms with Crippen LogP contribution >= 0.6 is 11.3 Å². The molecule has 0 radical (unpaired) electrons. The molecule has 1 atom stereocenters. The van der Waals surface area contributed by atoms with Crippen LogP contribution in [0.15, 0.2) is 12.1 Å². The second kappa shape index (κ2) is 5.44. The molecule has 2 heterocycles. The summed E-state index contributed by atoms with van der Waals surface area (Å²) in [6.07, 6.45) is 0. The highest BCUT2D eigenvalue weighted by Crippen LogP contribution is 2.28. The first-order valence-corrected chi connectivity index (χ1v) is 6.83. The largest absolute Gasteiger partial charge is 0.481 e. The van der Waals surface area contributed by atoms with Gasteiger partial charge in [-0.2, -0.15) is 9.97 Å². The zero-order valence-corrected chi connectivity index (χ0v) is 12.3. The number of methoxy groups -OCH3 is 1. The van der Waals surface area contributed by atoms with Crippen molar-refractivity contribution in [1.82, 2.24) is 9.97 Å². The van der Waals surface area contributed by atoms with Crippen molar-refractivity contribution in [3.05, 3.63) is 27.5 Å². The first kappa shape index (κ1) is 13.6. The molecule has 0 saturated heterocycles. The number of aryl methyl sites for hydroxylation is 2. The predicted molar refractivity (Wildman–Crippen MR) is 78.8 cm³/mol. The van der Waals surface area contributed by atoms with Gasteiger partial charge in [0.1, 0.15) is 5.82 Å². The number of hydrogen-bond acceptors (Lipinski definition) is 6. The van der Waals surface area contributed by atoms with Crippen LogP contribution < -0.4 is 15.8 Å². The van der Waals surface area contributed by atoms with Gasteiger partial charge in [0.2, 0.25) is 11.8 Å². The first-order valence-electron chi connectivity index (χ1n) is 6.01. The van der Waals surface area contributed by atoms with Crippen molar-refractivity contribution in [1.29, 1.82) is 0 Å². The van der Waals surface area contributed by atoms with Gasteiger partial charge in [-0.1, -0.05) is 0 Å². The van der Waals surface area contributed by atoms with Crippen molar-refractivity contribution in [3.63, 3.8) is 0 Å². The lowest BCUT2D eigenvalue weighted by Crippen LogP contribution is -2.10. The number of nitrogens with two attached hydrogens (primary N) is 1. The van der Waals surface area contributed by atoms with Crippen molar-refractivity contribution in [2.75, 3.05) is 18.2 Å². The molecule has 0 fully saturated rings. The Morgan fingerprint density at radius 2 is 2.05 bits per heavy atom. The van der Waals surface area contributed by atoms with Crippen LogP contribution in [0.5, 0.6) is 5.88 Å². The van der Waals surface area contributed by atoms with Gasteiger partial charge in [-0.15, -0.1) is 11.3 Å². The lowest BCUT2D eigenvalue weighted by Gasteiger charge is -2.15. The molecule has 3 N–H and O–H groups in total. The zero-order chi connectivity index (χ0) is 14.0. The predicted octanol–water partition coefficient (Wildman–Crippen LogP) is 2.92. The molecule has 2 aromatic rings. The summed E-state index contributed by atoms with van der Waals surface area (Å²) in [6, 6.07) is 4.09. The number of anilines is 2. The fourth-order valence-electron chi connectivity index (χ4n) is 2.00. The van der Waals surface area contributed by atoms with Gasteiger partial charge in [0, 0.05) is 15.8 Å². The van der Waals surface area contributed by atoms with E-state index >= 15 is 0 Å². The standard InChI is InChI=1S/C13H18N4OS/c1-7-5-10(9(3)19-7)8(2)15-11-6-12(18-4)17-13(14)16-11/h5-6,8H,1-4H3,(H3,14,15,16,17). The lowest BCUT2D eigenvalue weighted by atomic mass is 10.1. The monoisotopic (exact) mass is 278 g/mol. The van der Waals surface area contributed by atoms with Gasteiger partial charge < -0.3 is 15.8 Å². The summed E-state index contributed by atoms with van der Waals surface area (Å²) in [4.78, 5) is 10.7. The van der Waals surface area contributed by atoms with Crippen LogP contribution in [-0.4, -0.2) is 17.1 Å². The summed E-state index contributed by atoms with van der Waals surface area (Å²) in [5, 5.41) is 3.32. The van der Waals surface area contributed by atoms with E-state index in [4.69, 9.17) is 10.5 Å². The topological polar surface area (TPSA) is 73.1 Å². The highest BCUT2D eigenvalue weighted by molar-refractivity contribution is 7.12. The summed E-state index contributed by atoms with van der Waals surface area (Å²) in [7, 11) is 1.56. The van der Waals surface area contributed by atoms with E-state index in [-0.39, 0.29) is 12.0 Å². The number of hydrogen-bond donors (Lipinski definition) is 2. The van der Waals surface area contributed by atoms with Gasteiger partial charge in [0.05, 0.1) is 13.2 Å². The Bertz CT molecular complexity index is 582. The Morgan fingerprint density at radius 3 is 2.63 bits per heavy atom. The van der Waals surface area contributed by atoms with Crippen LogP contribution in [0.1, 0.15) is 28.3 Å². The van der Waals surface area contributed by atoms with E-state index in [0.29, 0.717) is 11.7 Å². The minimum Gasteiger partial charge on any atom is -0.481 e. The minimum atomic E-state index is 0.156.